The number of hydrogen-bond acceptors (Lipinski definition) is 6. The Labute approximate surface area is 466 Å². The van der Waals surface area contributed by atoms with Crippen molar-refractivity contribution in [2.75, 3.05) is 40.9 Å². The van der Waals surface area contributed by atoms with Crippen LogP contribution >= 0.6 is 7.82 Å². The van der Waals surface area contributed by atoms with Crippen LogP contribution in [0.15, 0.2) is 36.5 Å². The standard InChI is InChI=1S/C65H125N2O7P/c1-7-10-13-16-19-22-25-28-30-32-33-35-37-40-43-46-49-52-55-58-65(69)74-63(56-53-50-47-44-41-38-27-24-21-18-15-12-9-3)62(61-73-75(70,71)72-60-59-67(4,5)6)66-64(68)57-54-51-48-45-42-39-36-34-31-29-26-23-20-17-14-11-8-2/h28-31,53,56,62-63H,7-27,32-52,54-55,57-61H2,1-6H3,(H-,66,68,70,71)/p+1/b30-28+,31-29+,56-53+. The first-order chi connectivity index (χ1) is 36.4. The molecule has 0 aliphatic rings. The van der Waals surface area contributed by atoms with Crippen LogP contribution in [-0.4, -0.2) is 74.3 Å². The van der Waals surface area contributed by atoms with Crippen molar-refractivity contribution in [2.45, 2.75) is 328 Å². The van der Waals surface area contributed by atoms with Crippen LogP contribution in [0.5, 0.6) is 0 Å². The highest BCUT2D eigenvalue weighted by Crippen LogP contribution is 2.43. The molecular weight excluding hydrogens is 952 g/mol. The summed E-state index contributed by atoms with van der Waals surface area (Å²) in [4.78, 5) is 37.8. The Hall–Kier alpha value is -1.77. The van der Waals surface area contributed by atoms with Crippen molar-refractivity contribution < 1.29 is 37.3 Å². The Morgan fingerprint density at radius 2 is 0.773 bits per heavy atom. The highest BCUT2D eigenvalue weighted by atomic mass is 31.2. The molecule has 0 aliphatic carbocycles. The minimum atomic E-state index is -4.45. The first-order valence-electron chi connectivity index (χ1n) is 32.3. The van der Waals surface area contributed by atoms with Crippen LogP contribution < -0.4 is 5.32 Å². The van der Waals surface area contributed by atoms with Gasteiger partial charge in [-0.05, 0) is 83.1 Å². The molecule has 3 atom stereocenters. The summed E-state index contributed by atoms with van der Waals surface area (Å²) < 4.78 is 30.7. The van der Waals surface area contributed by atoms with E-state index >= 15 is 0 Å². The van der Waals surface area contributed by atoms with Crippen molar-refractivity contribution in [3.8, 4) is 0 Å². The number of nitrogens with one attached hydrogen (secondary N) is 1. The predicted molar refractivity (Wildman–Crippen MR) is 323 cm³/mol. The molecular formula is C65H126N2O7P+. The van der Waals surface area contributed by atoms with Crippen molar-refractivity contribution in [3.63, 3.8) is 0 Å². The number of amides is 1. The monoisotopic (exact) mass is 1080 g/mol. The van der Waals surface area contributed by atoms with Crippen LogP contribution in [0.1, 0.15) is 316 Å². The van der Waals surface area contributed by atoms with Gasteiger partial charge in [0.15, 0.2) is 0 Å². The third-order valence-corrected chi connectivity index (χ3v) is 15.5. The van der Waals surface area contributed by atoms with Crippen LogP contribution in [0.25, 0.3) is 0 Å². The number of hydrogen-bond donors (Lipinski definition) is 2. The van der Waals surface area contributed by atoms with Gasteiger partial charge in [0, 0.05) is 12.8 Å². The molecule has 0 saturated carbocycles. The van der Waals surface area contributed by atoms with E-state index in [2.05, 4.69) is 50.4 Å². The minimum absolute atomic E-state index is 0.0409. The number of rotatable bonds is 59. The lowest BCUT2D eigenvalue weighted by Crippen LogP contribution is -2.47. The first kappa shape index (κ1) is 73.2. The largest absolute Gasteiger partial charge is 0.472 e. The van der Waals surface area contributed by atoms with Gasteiger partial charge in [-0.15, -0.1) is 0 Å². The lowest BCUT2D eigenvalue weighted by molar-refractivity contribution is -0.870. The fourth-order valence-corrected chi connectivity index (χ4v) is 10.3. The number of likely N-dealkylation sites (N-methyl/N-ethyl adjacent to an activating group) is 1. The maximum atomic E-state index is 13.6. The van der Waals surface area contributed by atoms with Gasteiger partial charge in [-0.25, -0.2) is 4.57 Å². The number of phosphoric ester groups is 1. The second-order valence-corrected chi connectivity index (χ2v) is 24.7. The fourth-order valence-electron chi connectivity index (χ4n) is 9.52. The summed E-state index contributed by atoms with van der Waals surface area (Å²) in [5.41, 5.74) is 0. The maximum Gasteiger partial charge on any atom is 0.472 e. The number of carbonyl (C=O) groups excluding carboxylic acids is 2. The summed E-state index contributed by atoms with van der Waals surface area (Å²) in [5, 5.41) is 3.06. The molecule has 2 N–H and O–H groups in total. The van der Waals surface area contributed by atoms with Crippen molar-refractivity contribution in [2.24, 2.45) is 0 Å². The van der Waals surface area contributed by atoms with Crippen LogP contribution in [0.2, 0.25) is 0 Å². The number of ether oxygens (including phenoxy) is 1. The van der Waals surface area contributed by atoms with Crippen molar-refractivity contribution in [3.05, 3.63) is 36.5 Å². The molecule has 0 bridgehead atoms. The SMILES string of the molecule is CCCCCCCC/C=C/CCCCCCCCCCCC(=O)OC(/C=C/CCCCCCCCCCCCC)C(COP(=O)(O)OCC[N+](C)(C)C)NC(=O)CCCCCCCCC/C=C/CCCCCCCC. The molecule has 442 valence electrons. The second kappa shape index (κ2) is 55.5. The van der Waals surface area contributed by atoms with Gasteiger partial charge in [-0.1, -0.05) is 257 Å². The van der Waals surface area contributed by atoms with Gasteiger partial charge in [0.2, 0.25) is 5.91 Å². The minimum Gasteiger partial charge on any atom is -0.456 e. The quantitative estimate of drug-likeness (QED) is 0.0205. The number of quaternary nitrogens is 1. The molecule has 0 spiro atoms. The van der Waals surface area contributed by atoms with Gasteiger partial charge in [-0.3, -0.25) is 18.6 Å². The molecule has 9 nitrogen and oxygen atoms in total. The van der Waals surface area contributed by atoms with Gasteiger partial charge in [0.25, 0.3) is 0 Å². The molecule has 10 heteroatoms. The van der Waals surface area contributed by atoms with Crippen molar-refractivity contribution >= 4 is 19.7 Å². The summed E-state index contributed by atoms with van der Waals surface area (Å²) in [6, 6.07) is -0.849. The molecule has 0 rings (SSSR count). The van der Waals surface area contributed by atoms with Crippen LogP contribution in [-0.2, 0) is 27.9 Å². The Bertz CT molecular complexity index is 1380. The first-order valence-corrected chi connectivity index (χ1v) is 33.8. The topological polar surface area (TPSA) is 111 Å². The van der Waals surface area contributed by atoms with Crippen LogP contribution in [0.3, 0.4) is 0 Å². The van der Waals surface area contributed by atoms with Gasteiger partial charge in [-0.2, -0.15) is 0 Å². The molecule has 0 aromatic carbocycles. The molecule has 0 saturated heterocycles. The molecule has 0 radical (unpaired) electrons. The molecule has 0 heterocycles. The van der Waals surface area contributed by atoms with Gasteiger partial charge in [0.05, 0.1) is 33.8 Å². The lowest BCUT2D eigenvalue weighted by atomic mass is 10.0. The molecule has 75 heavy (non-hydrogen) atoms. The van der Waals surface area contributed by atoms with E-state index in [4.69, 9.17) is 13.8 Å². The zero-order valence-corrected chi connectivity index (χ0v) is 51.5. The van der Waals surface area contributed by atoms with E-state index in [1.807, 2.05) is 33.3 Å². The van der Waals surface area contributed by atoms with Gasteiger partial charge < -0.3 is 19.4 Å². The van der Waals surface area contributed by atoms with E-state index in [0.29, 0.717) is 23.9 Å². The van der Waals surface area contributed by atoms with Gasteiger partial charge >= 0.3 is 13.8 Å². The third-order valence-electron chi connectivity index (χ3n) is 14.6. The molecule has 3 unspecified atom stereocenters. The van der Waals surface area contributed by atoms with E-state index in [1.165, 1.54) is 218 Å². The van der Waals surface area contributed by atoms with E-state index in [9.17, 15) is 19.0 Å². The number of unbranched alkanes of at least 4 members (excludes halogenated alkanes) is 39. The molecule has 0 aliphatic heterocycles. The average Bonchev–Trinajstić information content (AvgIpc) is 3.37. The van der Waals surface area contributed by atoms with E-state index in [0.717, 1.165) is 64.2 Å². The van der Waals surface area contributed by atoms with Crippen molar-refractivity contribution in [1.82, 2.24) is 5.32 Å². The number of carbonyl (C=O) groups is 2. The van der Waals surface area contributed by atoms with Crippen LogP contribution in [0.4, 0.5) is 0 Å². The molecule has 0 aromatic rings. The maximum absolute atomic E-state index is 13.6. The Morgan fingerprint density at radius 3 is 1.13 bits per heavy atom. The summed E-state index contributed by atoms with van der Waals surface area (Å²) in [5.74, 6) is -0.499. The number of allylic oxidation sites excluding steroid dienone is 5. The van der Waals surface area contributed by atoms with E-state index in [-0.39, 0.29) is 25.1 Å². The summed E-state index contributed by atoms with van der Waals surface area (Å²) in [6.07, 6.45) is 67.0. The Kier molecular flexibility index (Phi) is 54.2. The fraction of sp³-hybridized carbons (Fsp3) is 0.877. The average molecular weight is 1080 g/mol. The summed E-state index contributed by atoms with van der Waals surface area (Å²) >= 11 is 0. The molecule has 0 fully saturated rings. The molecule has 0 aromatic heterocycles. The highest BCUT2D eigenvalue weighted by Gasteiger charge is 2.30. The Balaban J connectivity index is 5.24. The summed E-state index contributed by atoms with van der Waals surface area (Å²) in [7, 11) is 1.50. The number of phosphoric acid groups is 1. The summed E-state index contributed by atoms with van der Waals surface area (Å²) in [6.45, 7) is 7.04. The van der Waals surface area contributed by atoms with Crippen molar-refractivity contribution in [1.29, 1.82) is 0 Å². The zero-order chi connectivity index (χ0) is 55.0. The lowest BCUT2D eigenvalue weighted by Gasteiger charge is -2.27. The number of nitrogens with zero attached hydrogens (tertiary/aromatic N) is 1. The van der Waals surface area contributed by atoms with E-state index < -0.39 is 20.0 Å². The molecule has 1 amide bonds. The second-order valence-electron chi connectivity index (χ2n) is 23.3. The van der Waals surface area contributed by atoms with E-state index in [1.54, 1.807) is 0 Å². The third kappa shape index (κ3) is 56.8. The normalized spacial score (nSPS) is 13.9. The smallest absolute Gasteiger partial charge is 0.456 e. The van der Waals surface area contributed by atoms with Gasteiger partial charge in [0.1, 0.15) is 19.3 Å². The highest BCUT2D eigenvalue weighted by molar-refractivity contribution is 7.47. The Morgan fingerprint density at radius 1 is 0.453 bits per heavy atom. The zero-order valence-electron chi connectivity index (χ0n) is 50.6. The van der Waals surface area contributed by atoms with Crippen LogP contribution in [0, 0.1) is 0 Å². The predicted octanol–water partition coefficient (Wildman–Crippen LogP) is 19.9. The number of esters is 1.